The number of fused-ring (bicyclic) bond motifs is 4. The van der Waals surface area contributed by atoms with E-state index in [2.05, 4.69) is 10.6 Å². The molecule has 3 N–H and O–H groups in total. The van der Waals surface area contributed by atoms with Gasteiger partial charge in [-0.3, -0.25) is 9.59 Å². The Balaban J connectivity index is 1.38. The standard InChI is InChI=1S/C44H50N4O9/c1-44(2,3)57-43(53)47-37-23-28-14-13-17-31(22-28)55-21-12-7-5-6-11-18-34(42(51)52)46-40(49)38-25-32(27-48(38)41(37)50)56-39-26-35(29-15-9-8-10-16-29)45-36-24-30(54-4)19-20-33(36)39/h5-6,8-10,13-17,19-20,22,24,26,32,34,37-38H,7,11-12,18,21,23,25,27H2,1-4H3,(H,46,49)(H,47,53)(H,51,52)/b6-5+/t32-,34-,37-,38+/m1/s1. The molecule has 2 aliphatic heterocycles. The number of carbonyl (C=O) groups is 4. The van der Waals surface area contributed by atoms with Gasteiger partial charge < -0.3 is 39.6 Å². The molecule has 300 valence electrons. The number of aliphatic carboxylic acids is 1. The van der Waals surface area contributed by atoms with E-state index < -0.39 is 53.7 Å². The quantitative estimate of drug-likeness (QED) is 0.185. The Kier molecular flexibility index (Phi) is 13.0. The number of hydrogen-bond acceptors (Lipinski definition) is 9. The number of amides is 3. The number of aromatic nitrogens is 1. The second kappa shape index (κ2) is 18.2. The molecule has 2 aliphatic rings. The summed E-state index contributed by atoms with van der Waals surface area (Å²) in [6.07, 6.45) is 4.51. The lowest BCUT2D eigenvalue weighted by Gasteiger charge is -2.30. The third-order valence-electron chi connectivity index (χ3n) is 9.71. The number of alkyl carbamates (subject to hydrolysis) is 1. The van der Waals surface area contributed by atoms with Gasteiger partial charge in [0.05, 0.1) is 31.5 Å². The van der Waals surface area contributed by atoms with Crippen LogP contribution in [-0.2, 0) is 25.5 Å². The van der Waals surface area contributed by atoms with Crippen molar-refractivity contribution in [1.82, 2.24) is 20.5 Å². The van der Waals surface area contributed by atoms with Crippen LogP contribution in [0, 0.1) is 0 Å². The number of hydrogen-bond donors (Lipinski definition) is 3. The Labute approximate surface area is 332 Å². The summed E-state index contributed by atoms with van der Waals surface area (Å²) in [5, 5.41) is 16.2. The third kappa shape index (κ3) is 10.8. The summed E-state index contributed by atoms with van der Waals surface area (Å²) in [4.78, 5) is 60.8. The van der Waals surface area contributed by atoms with Gasteiger partial charge in [-0.15, -0.1) is 0 Å². The van der Waals surface area contributed by atoms with Crippen LogP contribution >= 0.6 is 0 Å². The molecule has 0 saturated carbocycles. The zero-order chi connectivity index (χ0) is 40.5. The molecule has 1 aromatic heterocycles. The Hall–Kier alpha value is -6.11. The van der Waals surface area contributed by atoms with Gasteiger partial charge in [-0.25, -0.2) is 14.6 Å². The molecule has 1 fully saturated rings. The maximum atomic E-state index is 14.8. The van der Waals surface area contributed by atoms with Gasteiger partial charge in [0, 0.05) is 35.9 Å². The fraction of sp³-hybridized carbons (Fsp3) is 0.386. The van der Waals surface area contributed by atoms with Gasteiger partial charge in [-0.2, -0.15) is 0 Å². The average Bonchev–Trinajstić information content (AvgIpc) is 3.60. The summed E-state index contributed by atoms with van der Waals surface area (Å²) in [6, 6.07) is 20.7. The first-order chi connectivity index (χ1) is 27.4. The second-order valence-electron chi connectivity index (χ2n) is 15.2. The number of carbonyl (C=O) groups excluding carboxylic acids is 3. The number of carboxylic acids is 1. The Morgan fingerprint density at radius 1 is 0.982 bits per heavy atom. The van der Waals surface area contributed by atoms with Gasteiger partial charge in [0.2, 0.25) is 11.8 Å². The molecule has 0 spiro atoms. The molecule has 3 aromatic carbocycles. The van der Waals surface area contributed by atoms with E-state index in [1.807, 2.05) is 84.9 Å². The number of allylic oxidation sites excluding steroid dienone is 2. The zero-order valence-electron chi connectivity index (χ0n) is 32.7. The molecule has 4 aromatic rings. The molecule has 13 nitrogen and oxygen atoms in total. The van der Waals surface area contributed by atoms with E-state index >= 15 is 0 Å². The smallest absolute Gasteiger partial charge is 0.408 e. The molecule has 3 amide bonds. The van der Waals surface area contributed by atoms with E-state index in [1.165, 1.54) is 4.90 Å². The zero-order valence-corrected chi connectivity index (χ0v) is 32.7. The van der Waals surface area contributed by atoms with Crippen molar-refractivity contribution in [2.24, 2.45) is 0 Å². The van der Waals surface area contributed by atoms with Crippen LogP contribution in [0.15, 0.2) is 91.0 Å². The van der Waals surface area contributed by atoms with Crippen molar-refractivity contribution in [2.75, 3.05) is 20.3 Å². The minimum absolute atomic E-state index is 0.0340. The lowest BCUT2D eigenvalue weighted by molar-refractivity contribution is -0.144. The normalized spacial score (nSPS) is 21.4. The largest absolute Gasteiger partial charge is 0.497 e. The van der Waals surface area contributed by atoms with Crippen LogP contribution in [0.1, 0.15) is 58.4 Å². The maximum Gasteiger partial charge on any atom is 0.408 e. The molecule has 0 unspecified atom stereocenters. The summed E-state index contributed by atoms with van der Waals surface area (Å²) in [5.74, 6) is -0.662. The number of ether oxygens (including phenoxy) is 4. The Bertz CT molecular complexity index is 2100. The lowest BCUT2D eigenvalue weighted by Crippen LogP contribution is -2.56. The Morgan fingerprint density at radius 3 is 2.53 bits per heavy atom. The minimum Gasteiger partial charge on any atom is -0.497 e. The second-order valence-corrected chi connectivity index (χ2v) is 15.2. The highest BCUT2D eigenvalue weighted by Gasteiger charge is 2.44. The fourth-order valence-electron chi connectivity index (χ4n) is 6.98. The summed E-state index contributed by atoms with van der Waals surface area (Å²) >= 11 is 0. The summed E-state index contributed by atoms with van der Waals surface area (Å²) < 4.78 is 23.7. The third-order valence-corrected chi connectivity index (χ3v) is 9.71. The highest BCUT2D eigenvalue weighted by molar-refractivity contribution is 5.94. The van der Waals surface area contributed by atoms with Crippen molar-refractivity contribution in [3.63, 3.8) is 0 Å². The molecule has 6 rings (SSSR count). The van der Waals surface area contributed by atoms with Crippen LogP contribution in [0.5, 0.6) is 17.2 Å². The molecule has 4 atom stereocenters. The van der Waals surface area contributed by atoms with Crippen LogP contribution in [0.3, 0.4) is 0 Å². The monoisotopic (exact) mass is 778 g/mol. The van der Waals surface area contributed by atoms with Crippen molar-refractivity contribution in [3.05, 3.63) is 96.6 Å². The molecule has 3 heterocycles. The van der Waals surface area contributed by atoms with Gasteiger partial charge >= 0.3 is 12.1 Å². The van der Waals surface area contributed by atoms with Gasteiger partial charge in [0.1, 0.15) is 47.1 Å². The minimum atomic E-state index is -1.20. The number of rotatable bonds is 6. The molecule has 1 saturated heterocycles. The fourth-order valence-corrected chi connectivity index (χ4v) is 6.98. The van der Waals surface area contributed by atoms with Gasteiger partial charge in [0.15, 0.2) is 0 Å². The first kappa shape index (κ1) is 40.6. The van der Waals surface area contributed by atoms with E-state index in [1.54, 1.807) is 33.9 Å². The molecule has 0 aliphatic carbocycles. The van der Waals surface area contributed by atoms with E-state index in [9.17, 15) is 24.3 Å². The van der Waals surface area contributed by atoms with E-state index in [0.717, 1.165) is 18.4 Å². The van der Waals surface area contributed by atoms with Crippen molar-refractivity contribution >= 4 is 34.8 Å². The van der Waals surface area contributed by atoms with Gasteiger partial charge in [-0.1, -0.05) is 54.6 Å². The topological polar surface area (TPSA) is 166 Å². The number of nitrogens with zero attached hydrogens (tertiary/aromatic N) is 2. The SMILES string of the molecule is COc1ccc2c(O[C@@H]3C[C@H]4C(=O)N[C@@H](C(=O)O)CC/C=C/CCCOc5cccc(c5)C[C@@H](NC(=O)OC(C)(C)C)C(=O)N4C3)cc(-c3ccccc3)nc2c1. The highest BCUT2D eigenvalue weighted by Crippen LogP contribution is 2.35. The van der Waals surface area contributed by atoms with Crippen LogP contribution in [0.2, 0.25) is 0 Å². The summed E-state index contributed by atoms with van der Waals surface area (Å²) in [6.45, 7) is 5.58. The number of methoxy groups -OCH3 is 1. The van der Waals surface area contributed by atoms with Crippen molar-refractivity contribution in [1.29, 1.82) is 0 Å². The van der Waals surface area contributed by atoms with Crippen LogP contribution in [0.4, 0.5) is 4.79 Å². The van der Waals surface area contributed by atoms with E-state index in [-0.39, 0.29) is 25.8 Å². The predicted molar refractivity (Wildman–Crippen MR) is 214 cm³/mol. The first-order valence-corrected chi connectivity index (χ1v) is 19.3. The highest BCUT2D eigenvalue weighted by atomic mass is 16.6. The predicted octanol–water partition coefficient (Wildman–Crippen LogP) is 6.47. The number of pyridine rings is 1. The Morgan fingerprint density at radius 2 is 1.77 bits per heavy atom. The first-order valence-electron chi connectivity index (χ1n) is 19.3. The molecular weight excluding hydrogens is 729 g/mol. The van der Waals surface area contributed by atoms with Crippen LogP contribution in [0.25, 0.3) is 22.2 Å². The molecule has 57 heavy (non-hydrogen) atoms. The van der Waals surface area contributed by atoms with Crippen molar-refractivity contribution < 1.29 is 43.2 Å². The summed E-state index contributed by atoms with van der Waals surface area (Å²) in [5.41, 5.74) is 2.00. The van der Waals surface area contributed by atoms with Crippen molar-refractivity contribution in [2.45, 2.75) is 89.1 Å². The lowest BCUT2D eigenvalue weighted by atomic mass is 10.0. The number of benzene rings is 3. The van der Waals surface area contributed by atoms with Crippen LogP contribution < -0.4 is 24.8 Å². The van der Waals surface area contributed by atoms with E-state index in [4.69, 9.17) is 23.9 Å². The summed E-state index contributed by atoms with van der Waals surface area (Å²) in [7, 11) is 1.58. The molecule has 2 bridgehead atoms. The molecule has 13 heteroatoms. The molecule has 0 radical (unpaired) electrons. The number of nitrogens with one attached hydrogen (secondary N) is 2. The van der Waals surface area contributed by atoms with Gasteiger partial charge in [-0.05, 0) is 76.3 Å². The molecular formula is C44H50N4O9. The maximum absolute atomic E-state index is 14.8. The average molecular weight is 779 g/mol. The number of carboxylic acid groups (broad SMARTS) is 1. The van der Waals surface area contributed by atoms with Gasteiger partial charge in [0.25, 0.3) is 0 Å². The van der Waals surface area contributed by atoms with Crippen molar-refractivity contribution in [3.8, 4) is 28.5 Å². The van der Waals surface area contributed by atoms with E-state index in [0.29, 0.717) is 52.4 Å². The van der Waals surface area contributed by atoms with Crippen LogP contribution in [-0.4, -0.2) is 89.0 Å².